The average molecular weight is 514 g/mol. The van der Waals surface area contributed by atoms with E-state index < -0.39 is 17.1 Å². The van der Waals surface area contributed by atoms with Gasteiger partial charge in [0.15, 0.2) is 17.3 Å². The molecule has 4 aromatic rings. The van der Waals surface area contributed by atoms with Gasteiger partial charge in [0.2, 0.25) is 0 Å². The number of pyridine rings is 1. The Balaban J connectivity index is 2.08. The summed E-state index contributed by atoms with van der Waals surface area (Å²) in [5, 5.41) is 18.6. The summed E-state index contributed by atoms with van der Waals surface area (Å²) in [6.07, 6.45) is 3.99. The number of nitriles is 1. The highest BCUT2D eigenvalue weighted by molar-refractivity contribution is 7.22. The van der Waals surface area contributed by atoms with Crippen LogP contribution in [0, 0.1) is 22.6 Å². The maximum atomic E-state index is 14.1. The lowest BCUT2D eigenvalue weighted by atomic mass is 10.1. The molecule has 0 amide bonds. The van der Waals surface area contributed by atoms with E-state index in [0.717, 1.165) is 28.2 Å². The highest BCUT2D eigenvalue weighted by Crippen LogP contribution is 2.39. The Kier molecular flexibility index (Phi) is 6.79. The van der Waals surface area contributed by atoms with Crippen LogP contribution in [0.2, 0.25) is 5.02 Å². The van der Waals surface area contributed by atoms with Gasteiger partial charge < -0.3 is 15.5 Å². The van der Waals surface area contributed by atoms with Gasteiger partial charge in [-0.1, -0.05) is 11.6 Å². The first-order valence-corrected chi connectivity index (χ1v) is 11.5. The maximum absolute atomic E-state index is 14.1. The van der Waals surface area contributed by atoms with E-state index in [1.807, 2.05) is 6.07 Å². The third kappa shape index (κ3) is 4.12. The van der Waals surface area contributed by atoms with Crippen LogP contribution < -0.4 is 21.3 Å². The highest BCUT2D eigenvalue weighted by Gasteiger charge is 2.23. The molecule has 9 nitrogen and oxygen atoms in total. The number of nitrogens with two attached hydrogens (primary N) is 1. The van der Waals surface area contributed by atoms with Crippen molar-refractivity contribution in [3.05, 3.63) is 67.8 Å². The molecular formula is C23H19ClFN6O3S+. The third-order valence-electron chi connectivity index (χ3n) is 5.46. The number of nitrogens with one attached hydrogen (secondary N) is 1. The van der Waals surface area contributed by atoms with Crippen molar-refractivity contribution >= 4 is 45.1 Å². The number of ether oxygens (including phenoxy) is 1. The average Bonchev–Trinajstić information content (AvgIpc) is 3.29. The molecule has 0 radical (unpaired) electrons. The van der Waals surface area contributed by atoms with E-state index >= 15 is 0 Å². The van der Waals surface area contributed by atoms with E-state index in [1.165, 1.54) is 30.1 Å². The van der Waals surface area contributed by atoms with Gasteiger partial charge in [0.25, 0.3) is 5.56 Å². The zero-order valence-corrected chi connectivity index (χ0v) is 20.2. The summed E-state index contributed by atoms with van der Waals surface area (Å²) in [6, 6.07) is 6.20. The molecule has 0 aliphatic heterocycles. The van der Waals surface area contributed by atoms with E-state index in [2.05, 4.69) is 4.98 Å². The van der Waals surface area contributed by atoms with E-state index in [9.17, 15) is 14.0 Å². The highest BCUT2D eigenvalue weighted by atomic mass is 35.5. The Morgan fingerprint density at radius 3 is 2.77 bits per heavy atom. The van der Waals surface area contributed by atoms with Crippen LogP contribution >= 0.6 is 22.9 Å². The number of fused-ring (bicyclic) bond motifs is 1. The molecular weight excluding hydrogens is 495 g/mol. The summed E-state index contributed by atoms with van der Waals surface area (Å²) in [5.74, 6) is -0.642. The normalized spacial score (nSPS) is 10.9. The molecule has 12 heteroatoms. The fourth-order valence-electron chi connectivity index (χ4n) is 3.83. The van der Waals surface area contributed by atoms with Crippen LogP contribution in [0.5, 0.6) is 5.75 Å². The number of aryl methyl sites for hydroxylation is 1. The predicted octanol–water partition coefficient (Wildman–Crippen LogP) is 2.81. The van der Waals surface area contributed by atoms with Gasteiger partial charge in [-0.25, -0.2) is 13.8 Å². The molecule has 0 aliphatic carbocycles. The van der Waals surface area contributed by atoms with Crippen LogP contribution in [0.15, 0.2) is 40.2 Å². The van der Waals surface area contributed by atoms with E-state index in [-0.39, 0.29) is 34.1 Å². The Labute approximate surface area is 207 Å². The first-order valence-electron chi connectivity index (χ1n) is 10.3. The summed E-state index contributed by atoms with van der Waals surface area (Å²) in [6.45, 7) is 0.0472. The van der Waals surface area contributed by atoms with Crippen molar-refractivity contribution in [2.45, 2.75) is 13.0 Å². The van der Waals surface area contributed by atoms with Crippen molar-refractivity contribution in [1.82, 2.24) is 14.1 Å². The number of aromatic nitrogens is 3. The molecule has 0 bridgehead atoms. The third-order valence-corrected chi connectivity index (χ3v) is 6.92. The fourth-order valence-corrected chi connectivity index (χ4v) is 5.26. The zero-order valence-electron chi connectivity index (χ0n) is 18.6. The van der Waals surface area contributed by atoms with Crippen molar-refractivity contribution in [3.8, 4) is 27.9 Å². The Morgan fingerprint density at radius 2 is 2.11 bits per heavy atom. The topological polar surface area (TPSA) is 130 Å². The molecule has 4 rings (SSSR count). The lowest BCUT2D eigenvalue weighted by Gasteiger charge is -2.13. The molecule has 0 aliphatic rings. The van der Waals surface area contributed by atoms with Gasteiger partial charge >= 0.3 is 5.69 Å². The standard InChI is InChI=1S/C23H18ClFN6O3S/c1-28-20-12(9-27)10-29-11-17(20)31-22(32)21-16(30(23(31)33)5-3-4-26)8-19(35-21)13-6-18(34-2)15(25)7-14(13)24/h6-11,27H,3,5H2,1-2H3,(H,28,29)/p+1. The number of halogens is 2. The summed E-state index contributed by atoms with van der Waals surface area (Å²) in [4.78, 5) is 31.8. The number of rotatable bonds is 7. The molecule has 3 N–H and O–H groups in total. The minimum absolute atomic E-state index is 0.0150. The van der Waals surface area contributed by atoms with Crippen molar-refractivity contribution in [2.75, 3.05) is 14.2 Å². The number of benzene rings is 1. The molecule has 0 saturated heterocycles. The van der Waals surface area contributed by atoms with E-state index in [4.69, 9.17) is 27.0 Å². The summed E-state index contributed by atoms with van der Waals surface area (Å²) in [7, 11) is 3.06. The number of methoxy groups -OCH3 is 1. The van der Waals surface area contributed by atoms with Crippen LogP contribution in [0.1, 0.15) is 12.0 Å². The van der Waals surface area contributed by atoms with Crippen LogP contribution in [0.3, 0.4) is 0 Å². The van der Waals surface area contributed by atoms with Crippen molar-refractivity contribution < 1.29 is 14.4 Å². The van der Waals surface area contributed by atoms with E-state index in [1.54, 1.807) is 18.4 Å². The second-order valence-corrected chi connectivity index (χ2v) is 8.83. The lowest BCUT2D eigenvalue weighted by molar-refractivity contribution is -0.539. The van der Waals surface area contributed by atoms with Crippen LogP contribution in [-0.2, 0) is 6.54 Å². The second-order valence-electron chi connectivity index (χ2n) is 7.37. The SMILES string of the molecule is C[NH2+]c1c(C=N)cncc1-n1c(=O)c2sc(-c3cc(OC)c(F)cc3Cl)cc2n(CCC#N)c1=O. The Morgan fingerprint density at radius 1 is 1.34 bits per heavy atom. The van der Waals surface area contributed by atoms with Crippen molar-refractivity contribution in [2.24, 2.45) is 0 Å². The smallest absolute Gasteiger partial charge is 0.336 e. The predicted molar refractivity (Wildman–Crippen MR) is 132 cm³/mol. The molecule has 0 saturated carbocycles. The number of quaternary nitrogens is 1. The molecule has 1 aromatic carbocycles. The van der Waals surface area contributed by atoms with E-state index in [0.29, 0.717) is 27.2 Å². The zero-order chi connectivity index (χ0) is 25.3. The summed E-state index contributed by atoms with van der Waals surface area (Å²) in [5.41, 5.74) is 0.729. The van der Waals surface area contributed by atoms with Gasteiger partial charge in [0.1, 0.15) is 10.4 Å². The van der Waals surface area contributed by atoms with Crippen molar-refractivity contribution in [3.63, 3.8) is 0 Å². The summed E-state index contributed by atoms with van der Waals surface area (Å²) >= 11 is 7.39. The molecule has 3 heterocycles. The number of hydrogen-bond acceptors (Lipinski definition) is 7. The monoisotopic (exact) mass is 513 g/mol. The molecule has 35 heavy (non-hydrogen) atoms. The number of thiophene rings is 1. The van der Waals surface area contributed by atoms with Crippen LogP contribution in [-0.4, -0.2) is 34.5 Å². The number of hydrogen-bond donors (Lipinski definition) is 2. The lowest BCUT2D eigenvalue weighted by Crippen LogP contribution is -2.74. The minimum Gasteiger partial charge on any atom is -0.494 e. The number of nitrogens with zero attached hydrogens (tertiary/aromatic N) is 4. The maximum Gasteiger partial charge on any atom is 0.336 e. The largest absolute Gasteiger partial charge is 0.494 e. The first-order chi connectivity index (χ1) is 16.9. The second kappa shape index (κ2) is 9.79. The molecule has 178 valence electrons. The first kappa shape index (κ1) is 24.3. The van der Waals surface area contributed by atoms with Gasteiger partial charge in [-0.05, 0) is 18.2 Å². The van der Waals surface area contributed by atoms with Crippen LogP contribution in [0.4, 0.5) is 10.1 Å². The van der Waals surface area contributed by atoms with Gasteiger partial charge in [0.05, 0.1) is 48.9 Å². The molecule has 0 unspecified atom stereocenters. The quantitative estimate of drug-likeness (QED) is 0.367. The van der Waals surface area contributed by atoms with Gasteiger partial charge in [-0.15, -0.1) is 11.3 Å². The molecule has 0 atom stereocenters. The molecule has 0 fully saturated rings. The molecule has 3 aromatic heterocycles. The van der Waals surface area contributed by atoms with Gasteiger partial charge in [-0.3, -0.25) is 14.3 Å². The van der Waals surface area contributed by atoms with Crippen molar-refractivity contribution in [1.29, 1.82) is 10.7 Å². The van der Waals surface area contributed by atoms with Gasteiger partial charge in [-0.2, -0.15) is 5.26 Å². The molecule has 0 spiro atoms. The Hall–Kier alpha value is -3.85. The fraction of sp³-hybridized carbons (Fsp3) is 0.174. The summed E-state index contributed by atoms with van der Waals surface area (Å²) < 4.78 is 21.8. The minimum atomic E-state index is -0.642. The van der Waals surface area contributed by atoms with Gasteiger partial charge in [0, 0.05) is 29.4 Å². The van der Waals surface area contributed by atoms with Crippen LogP contribution in [0.25, 0.3) is 26.3 Å². The Bertz CT molecular complexity index is 1640.